The number of hydrogen-bond acceptors (Lipinski definition) is 3. The molecule has 0 aliphatic rings. The molecule has 21 heavy (non-hydrogen) atoms. The maximum Gasteiger partial charge on any atom is 0.325 e. The fourth-order valence-corrected chi connectivity index (χ4v) is 2.42. The molecule has 0 fully saturated rings. The first-order valence-electron chi connectivity index (χ1n) is 7.05. The number of rotatable bonds is 7. The van der Waals surface area contributed by atoms with Gasteiger partial charge in [0.1, 0.15) is 6.54 Å². The molecule has 0 N–H and O–H groups in total. The van der Waals surface area contributed by atoms with Crippen molar-refractivity contribution in [1.29, 1.82) is 0 Å². The average molecular weight is 308 g/mol. The minimum absolute atomic E-state index is 0.0953. The highest BCUT2D eigenvalue weighted by atomic mass is 35.5. The van der Waals surface area contributed by atoms with E-state index in [1.807, 2.05) is 0 Å². The van der Waals surface area contributed by atoms with Gasteiger partial charge in [0.2, 0.25) is 0 Å². The van der Waals surface area contributed by atoms with Gasteiger partial charge in [-0.15, -0.1) is 0 Å². The molecule has 0 unspecified atom stereocenters. The highest BCUT2D eigenvalue weighted by Crippen LogP contribution is 2.24. The number of esters is 1. The number of fused-ring (bicyclic) bond motifs is 1. The summed E-state index contributed by atoms with van der Waals surface area (Å²) in [7, 11) is 0. The van der Waals surface area contributed by atoms with Crippen LogP contribution in [-0.4, -0.2) is 23.4 Å². The lowest BCUT2D eigenvalue weighted by atomic mass is 10.2. The predicted molar refractivity (Wildman–Crippen MR) is 82.8 cm³/mol. The monoisotopic (exact) mass is 307 g/mol. The standard InChI is InChI=1S/C16H18ClNO3/c1-2-3-4-7-21-16(20)10-18-9-12(11-19)14-8-13(17)5-6-15(14)18/h5-6,8-9,11H,2-4,7,10H2,1H3. The molecule has 1 heterocycles. The van der Waals surface area contributed by atoms with E-state index in [2.05, 4.69) is 6.92 Å². The van der Waals surface area contributed by atoms with Crippen LogP contribution >= 0.6 is 11.6 Å². The van der Waals surface area contributed by atoms with Crippen molar-refractivity contribution in [1.82, 2.24) is 4.57 Å². The summed E-state index contributed by atoms with van der Waals surface area (Å²) in [6, 6.07) is 5.26. The van der Waals surface area contributed by atoms with Crippen LogP contribution in [0.3, 0.4) is 0 Å². The third-order valence-corrected chi connectivity index (χ3v) is 3.55. The molecular formula is C16H18ClNO3. The van der Waals surface area contributed by atoms with Gasteiger partial charge in [0.05, 0.1) is 6.61 Å². The highest BCUT2D eigenvalue weighted by molar-refractivity contribution is 6.31. The number of nitrogens with zero attached hydrogens (tertiary/aromatic N) is 1. The molecule has 1 aromatic heterocycles. The van der Waals surface area contributed by atoms with E-state index in [1.54, 1.807) is 29.0 Å². The predicted octanol–water partition coefficient (Wildman–Crippen LogP) is 3.84. The Morgan fingerprint density at radius 3 is 2.90 bits per heavy atom. The summed E-state index contributed by atoms with van der Waals surface area (Å²) in [6.45, 7) is 2.64. The molecule has 0 bridgehead atoms. The lowest BCUT2D eigenvalue weighted by Crippen LogP contribution is -2.13. The van der Waals surface area contributed by atoms with Crippen molar-refractivity contribution < 1.29 is 14.3 Å². The van der Waals surface area contributed by atoms with Gasteiger partial charge in [-0.05, 0) is 24.6 Å². The zero-order valence-electron chi connectivity index (χ0n) is 12.0. The van der Waals surface area contributed by atoms with Crippen molar-refractivity contribution in [2.75, 3.05) is 6.61 Å². The molecule has 1 aromatic carbocycles. The van der Waals surface area contributed by atoms with E-state index in [9.17, 15) is 9.59 Å². The zero-order valence-corrected chi connectivity index (χ0v) is 12.7. The summed E-state index contributed by atoms with van der Waals surface area (Å²) in [5.74, 6) is -0.296. The number of benzene rings is 1. The van der Waals surface area contributed by atoms with Crippen LogP contribution in [0.5, 0.6) is 0 Å². The van der Waals surface area contributed by atoms with Gasteiger partial charge in [0.25, 0.3) is 0 Å². The second-order valence-electron chi connectivity index (χ2n) is 4.92. The first kappa shape index (κ1) is 15.6. The first-order valence-corrected chi connectivity index (χ1v) is 7.42. The summed E-state index contributed by atoms with van der Waals surface area (Å²) in [4.78, 5) is 22.9. The summed E-state index contributed by atoms with van der Waals surface area (Å²) in [6.07, 6.45) is 5.43. The molecule has 0 aliphatic heterocycles. The number of unbranched alkanes of at least 4 members (excludes halogenated alkanes) is 2. The Kier molecular flexibility index (Phi) is 5.39. The summed E-state index contributed by atoms with van der Waals surface area (Å²) >= 11 is 5.94. The molecule has 2 rings (SSSR count). The maximum atomic E-state index is 11.8. The third-order valence-electron chi connectivity index (χ3n) is 3.31. The molecule has 5 heteroatoms. The number of carbonyl (C=O) groups is 2. The number of hydrogen-bond donors (Lipinski definition) is 0. The van der Waals surface area contributed by atoms with Crippen LogP contribution in [0.2, 0.25) is 5.02 Å². The van der Waals surface area contributed by atoms with Gasteiger partial charge in [-0.3, -0.25) is 9.59 Å². The van der Waals surface area contributed by atoms with Crippen molar-refractivity contribution in [3.05, 3.63) is 35.0 Å². The Balaban J connectivity index is 2.11. The Hall–Kier alpha value is -1.81. The fraction of sp³-hybridized carbons (Fsp3) is 0.375. The Morgan fingerprint density at radius 2 is 2.19 bits per heavy atom. The van der Waals surface area contributed by atoms with Crippen LogP contribution in [-0.2, 0) is 16.1 Å². The van der Waals surface area contributed by atoms with Crippen molar-refractivity contribution in [2.24, 2.45) is 0 Å². The quantitative estimate of drug-likeness (QED) is 0.443. The van der Waals surface area contributed by atoms with E-state index < -0.39 is 0 Å². The Morgan fingerprint density at radius 1 is 1.38 bits per heavy atom. The van der Waals surface area contributed by atoms with Gasteiger partial charge in [-0.2, -0.15) is 0 Å². The maximum absolute atomic E-state index is 11.8. The van der Waals surface area contributed by atoms with Gasteiger partial charge in [0, 0.05) is 27.7 Å². The molecule has 0 saturated carbocycles. The van der Waals surface area contributed by atoms with Gasteiger partial charge in [0.15, 0.2) is 6.29 Å². The Labute approximate surface area is 128 Å². The van der Waals surface area contributed by atoms with E-state index in [-0.39, 0.29) is 12.5 Å². The second-order valence-corrected chi connectivity index (χ2v) is 5.36. The topological polar surface area (TPSA) is 48.3 Å². The summed E-state index contributed by atoms with van der Waals surface area (Å²) in [5, 5.41) is 1.31. The number of aromatic nitrogens is 1. The number of halogens is 1. The lowest BCUT2D eigenvalue weighted by Gasteiger charge is -2.06. The van der Waals surface area contributed by atoms with Crippen LogP contribution in [0.4, 0.5) is 0 Å². The zero-order chi connectivity index (χ0) is 15.2. The molecule has 0 saturated heterocycles. The molecule has 2 aromatic rings. The minimum atomic E-state index is -0.296. The number of carbonyl (C=O) groups excluding carboxylic acids is 2. The van der Waals surface area contributed by atoms with E-state index in [0.29, 0.717) is 17.2 Å². The van der Waals surface area contributed by atoms with E-state index in [0.717, 1.165) is 36.5 Å². The normalized spacial score (nSPS) is 10.8. The van der Waals surface area contributed by atoms with E-state index in [1.165, 1.54) is 0 Å². The van der Waals surface area contributed by atoms with Gasteiger partial charge in [-0.25, -0.2) is 0 Å². The van der Waals surface area contributed by atoms with Crippen molar-refractivity contribution >= 4 is 34.8 Å². The lowest BCUT2D eigenvalue weighted by molar-refractivity contribution is -0.144. The SMILES string of the molecule is CCCCCOC(=O)Cn1cc(C=O)c2cc(Cl)ccc21. The third kappa shape index (κ3) is 3.85. The largest absolute Gasteiger partial charge is 0.464 e. The highest BCUT2D eigenvalue weighted by Gasteiger charge is 2.12. The molecule has 0 amide bonds. The van der Waals surface area contributed by atoms with E-state index >= 15 is 0 Å². The minimum Gasteiger partial charge on any atom is -0.464 e. The first-order chi connectivity index (χ1) is 10.2. The van der Waals surface area contributed by atoms with Crippen LogP contribution in [0, 0.1) is 0 Å². The van der Waals surface area contributed by atoms with Crippen LogP contribution in [0.1, 0.15) is 36.5 Å². The molecular weight excluding hydrogens is 290 g/mol. The number of aldehydes is 1. The number of ether oxygens (including phenoxy) is 1. The van der Waals surface area contributed by atoms with Crippen molar-refractivity contribution in [2.45, 2.75) is 32.7 Å². The molecule has 0 radical (unpaired) electrons. The van der Waals surface area contributed by atoms with Crippen molar-refractivity contribution in [3.8, 4) is 0 Å². The average Bonchev–Trinajstić information content (AvgIpc) is 2.80. The molecule has 0 atom stereocenters. The molecule has 112 valence electrons. The second kappa shape index (κ2) is 7.27. The van der Waals surface area contributed by atoms with E-state index in [4.69, 9.17) is 16.3 Å². The van der Waals surface area contributed by atoms with Crippen molar-refractivity contribution in [3.63, 3.8) is 0 Å². The van der Waals surface area contributed by atoms with Crippen LogP contribution < -0.4 is 0 Å². The van der Waals surface area contributed by atoms with Gasteiger partial charge >= 0.3 is 5.97 Å². The molecule has 0 spiro atoms. The smallest absolute Gasteiger partial charge is 0.325 e. The molecule has 0 aliphatic carbocycles. The van der Waals surface area contributed by atoms with Crippen LogP contribution in [0.15, 0.2) is 24.4 Å². The molecule has 4 nitrogen and oxygen atoms in total. The van der Waals surface area contributed by atoms with Gasteiger partial charge in [-0.1, -0.05) is 31.4 Å². The van der Waals surface area contributed by atoms with Gasteiger partial charge < -0.3 is 9.30 Å². The Bertz CT molecular complexity index is 648. The van der Waals surface area contributed by atoms with Crippen LogP contribution in [0.25, 0.3) is 10.9 Å². The summed E-state index contributed by atoms with van der Waals surface area (Å²) in [5.41, 5.74) is 1.32. The fourth-order valence-electron chi connectivity index (χ4n) is 2.24. The summed E-state index contributed by atoms with van der Waals surface area (Å²) < 4.78 is 6.91.